The first kappa shape index (κ1) is 12.3. The van der Waals surface area contributed by atoms with Crippen LogP contribution in [0.4, 0.5) is 17.1 Å². The molecule has 0 unspecified atom stereocenters. The minimum absolute atomic E-state index is 0.183. The van der Waals surface area contributed by atoms with Gasteiger partial charge in [-0.3, -0.25) is 4.79 Å². The van der Waals surface area contributed by atoms with E-state index in [4.69, 9.17) is 5.73 Å². The number of carbonyl (C=O) groups excluding carboxylic acids is 1. The molecule has 1 amide bonds. The molecule has 19 heavy (non-hydrogen) atoms. The molecule has 0 bridgehead atoms. The molecule has 1 fully saturated rings. The molecular weight excluding hydrogens is 238 g/mol. The SMILES string of the molecule is CN1CC2(CCCCC2)C(=O)Nc2ccc(N)cc21. The second-order valence-electron chi connectivity index (χ2n) is 5.93. The molecule has 0 radical (unpaired) electrons. The van der Waals surface area contributed by atoms with Gasteiger partial charge in [0.05, 0.1) is 16.8 Å². The van der Waals surface area contributed by atoms with Crippen molar-refractivity contribution in [3.8, 4) is 0 Å². The monoisotopic (exact) mass is 259 g/mol. The molecule has 1 saturated carbocycles. The third-order valence-corrected chi connectivity index (χ3v) is 4.51. The number of anilines is 3. The Hall–Kier alpha value is -1.71. The fourth-order valence-electron chi connectivity index (χ4n) is 3.45. The van der Waals surface area contributed by atoms with Gasteiger partial charge in [0.1, 0.15) is 0 Å². The second-order valence-corrected chi connectivity index (χ2v) is 5.93. The van der Waals surface area contributed by atoms with Crippen LogP contribution in [0, 0.1) is 5.41 Å². The van der Waals surface area contributed by atoms with E-state index in [-0.39, 0.29) is 11.3 Å². The van der Waals surface area contributed by atoms with Crippen LogP contribution in [0.5, 0.6) is 0 Å². The Morgan fingerprint density at radius 2 is 2.00 bits per heavy atom. The van der Waals surface area contributed by atoms with Gasteiger partial charge in [0.2, 0.25) is 5.91 Å². The average Bonchev–Trinajstić information content (AvgIpc) is 2.49. The van der Waals surface area contributed by atoms with Crippen molar-refractivity contribution in [2.24, 2.45) is 5.41 Å². The highest BCUT2D eigenvalue weighted by Crippen LogP contribution is 2.42. The summed E-state index contributed by atoms with van der Waals surface area (Å²) in [5.74, 6) is 0.183. The van der Waals surface area contributed by atoms with Crippen LogP contribution in [-0.4, -0.2) is 19.5 Å². The number of hydrogen-bond acceptors (Lipinski definition) is 3. The lowest BCUT2D eigenvalue weighted by Crippen LogP contribution is -2.44. The zero-order valence-electron chi connectivity index (χ0n) is 11.4. The van der Waals surface area contributed by atoms with Gasteiger partial charge in [0, 0.05) is 19.3 Å². The number of benzene rings is 1. The van der Waals surface area contributed by atoms with E-state index >= 15 is 0 Å². The fraction of sp³-hybridized carbons (Fsp3) is 0.533. The molecule has 1 aromatic carbocycles. The molecule has 3 N–H and O–H groups in total. The zero-order chi connectivity index (χ0) is 13.5. The van der Waals surface area contributed by atoms with Crippen molar-refractivity contribution >= 4 is 23.0 Å². The van der Waals surface area contributed by atoms with Crippen LogP contribution in [0.2, 0.25) is 0 Å². The van der Waals surface area contributed by atoms with E-state index in [1.54, 1.807) is 0 Å². The van der Waals surface area contributed by atoms with Crippen LogP contribution >= 0.6 is 0 Å². The van der Waals surface area contributed by atoms with Gasteiger partial charge in [-0.05, 0) is 31.0 Å². The quantitative estimate of drug-likeness (QED) is 0.704. The van der Waals surface area contributed by atoms with Crippen molar-refractivity contribution in [2.45, 2.75) is 32.1 Å². The number of amides is 1. The number of nitrogen functional groups attached to an aromatic ring is 1. The zero-order valence-corrected chi connectivity index (χ0v) is 11.4. The Morgan fingerprint density at radius 1 is 1.26 bits per heavy atom. The van der Waals surface area contributed by atoms with E-state index in [1.807, 2.05) is 18.2 Å². The molecule has 0 atom stereocenters. The van der Waals surface area contributed by atoms with Gasteiger partial charge in [-0.25, -0.2) is 0 Å². The number of nitrogens with zero attached hydrogens (tertiary/aromatic N) is 1. The van der Waals surface area contributed by atoms with Gasteiger partial charge in [0.25, 0.3) is 0 Å². The predicted octanol–water partition coefficient (Wildman–Crippen LogP) is 2.61. The maximum atomic E-state index is 12.6. The van der Waals surface area contributed by atoms with E-state index in [0.29, 0.717) is 0 Å². The highest BCUT2D eigenvalue weighted by molar-refractivity contribution is 6.00. The summed E-state index contributed by atoms with van der Waals surface area (Å²) in [7, 11) is 2.05. The minimum Gasteiger partial charge on any atom is -0.399 e. The van der Waals surface area contributed by atoms with Gasteiger partial charge in [-0.2, -0.15) is 0 Å². The van der Waals surface area contributed by atoms with Crippen LogP contribution in [0.3, 0.4) is 0 Å². The average molecular weight is 259 g/mol. The molecule has 102 valence electrons. The Bertz CT molecular complexity index is 506. The van der Waals surface area contributed by atoms with E-state index < -0.39 is 0 Å². The lowest BCUT2D eigenvalue weighted by atomic mass is 9.73. The lowest BCUT2D eigenvalue weighted by Gasteiger charge is -2.36. The summed E-state index contributed by atoms with van der Waals surface area (Å²) in [6.45, 7) is 0.787. The fourth-order valence-corrected chi connectivity index (χ4v) is 3.45. The first-order chi connectivity index (χ1) is 9.11. The highest BCUT2D eigenvalue weighted by Gasteiger charge is 2.42. The number of nitrogens with one attached hydrogen (secondary N) is 1. The molecule has 1 heterocycles. The van der Waals surface area contributed by atoms with Gasteiger partial charge >= 0.3 is 0 Å². The number of carbonyl (C=O) groups is 1. The minimum atomic E-state index is -0.221. The van der Waals surface area contributed by atoms with E-state index in [1.165, 1.54) is 6.42 Å². The Labute approximate surface area is 114 Å². The molecular formula is C15H21N3O. The van der Waals surface area contributed by atoms with Crippen molar-refractivity contribution in [3.05, 3.63) is 18.2 Å². The summed E-state index contributed by atoms with van der Waals surface area (Å²) in [5, 5.41) is 3.10. The van der Waals surface area contributed by atoms with Gasteiger partial charge in [-0.15, -0.1) is 0 Å². The largest absolute Gasteiger partial charge is 0.399 e. The molecule has 1 spiro atoms. The van der Waals surface area contributed by atoms with Gasteiger partial charge in [-0.1, -0.05) is 19.3 Å². The molecule has 4 nitrogen and oxygen atoms in total. The van der Waals surface area contributed by atoms with Crippen molar-refractivity contribution in [3.63, 3.8) is 0 Å². The first-order valence-corrected chi connectivity index (χ1v) is 7.03. The number of nitrogens with two attached hydrogens (primary N) is 1. The summed E-state index contributed by atoms with van der Waals surface area (Å²) in [6, 6.07) is 5.68. The number of hydrogen-bond donors (Lipinski definition) is 2. The number of rotatable bonds is 0. The predicted molar refractivity (Wildman–Crippen MR) is 78.3 cm³/mol. The van der Waals surface area contributed by atoms with Crippen molar-refractivity contribution in [1.29, 1.82) is 0 Å². The van der Waals surface area contributed by atoms with Crippen LogP contribution < -0.4 is 16.0 Å². The molecule has 1 aliphatic heterocycles. The topological polar surface area (TPSA) is 58.4 Å². The summed E-state index contributed by atoms with van der Waals surface area (Å²) in [5.41, 5.74) is 8.28. The van der Waals surface area contributed by atoms with Gasteiger partial charge < -0.3 is 16.0 Å². The normalized spacial score (nSPS) is 21.7. The Kier molecular flexibility index (Phi) is 2.88. The standard InChI is InChI=1S/C15H21N3O/c1-18-10-15(7-3-2-4-8-15)14(19)17-12-6-5-11(16)9-13(12)18/h5-6,9H,2-4,7-8,10,16H2,1H3,(H,17,19). The third-order valence-electron chi connectivity index (χ3n) is 4.51. The van der Waals surface area contributed by atoms with E-state index in [9.17, 15) is 4.79 Å². The van der Waals surface area contributed by atoms with Crippen molar-refractivity contribution in [2.75, 3.05) is 29.5 Å². The van der Waals surface area contributed by atoms with Crippen LogP contribution in [-0.2, 0) is 4.79 Å². The molecule has 1 aromatic rings. The molecule has 4 heteroatoms. The smallest absolute Gasteiger partial charge is 0.232 e. The van der Waals surface area contributed by atoms with E-state index in [2.05, 4.69) is 17.3 Å². The Balaban J connectivity index is 1.99. The molecule has 0 saturated heterocycles. The molecule has 1 aliphatic carbocycles. The summed E-state index contributed by atoms with van der Waals surface area (Å²) < 4.78 is 0. The lowest BCUT2D eigenvalue weighted by molar-refractivity contribution is -0.126. The second kappa shape index (κ2) is 4.44. The molecule has 0 aromatic heterocycles. The molecule has 3 rings (SSSR count). The van der Waals surface area contributed by atoms with E-state index in [0.717, 1.165) is 49.3 Å². The summed E-state index contributed by atoms with van der Waals surface area (Å²) in [4.78, 5) is 14.8. The van der Waals surface area contributed by atoms with Crippen LogP contribution in [0.1, 0.15) is 32.1 Å². The van der Waals surface area contributed by atoms with Gasteiger partial charge in [0.15, 0.2) is 0 Å². The van der Waals surface area contributed by atoms with Crippen LogP contribution in [0.15, 0.2) is 18.2 Å². The number of fused-ring (bicyclic) bond motifs is 1. The van der Waals surface area contributed by atoms with Crippen LogP contribution in [0.25, 0.3) is 0 Å². The van der Waals surface area contributed by atoms with Crippen molar-refractivity contribution < 1.29 is 4.79 Å². The van der Waals surface area contributed by atoms with Crippen molar-refractivity contribution in [1.82, 2.24) is 0 Å². The maximum absolute atomic E-state index is 12.6. The summed E-state index contributed by atoms with van der Waals surface area (Å²) >= 11 is 0. The maximum Gasteiger partial charge on any atom is 0.232 e. The Morgan fingerprint density at radius 3 is 2.74 bits per heavy atom. The molecule has 2 aliphatic rings. The summed E-state index contributed by atoms with van der Waals surface area (Å²) in [6.07, 6.45) is 5.54. The first-order valence-electron chi connectivity index (χ1n) is 7.03. The third kappa shape index (κ3) is 2.05. The highest BCUT2D eigenvalue weighted by atomic mass is 16.2.